The van der Waals surface area contributed by atoms with Crippen LogP contribution in [-0.2, 0) is 17.6 Å². The standard InChI is InChI=1S/C17H19NO2/c19-16(13-15-9-5-2-6-10-15)17(20)18-12-11-14-7-3-1-4-8-14/h1-10,16,19H,11-13H2,(H,18,20). The summed E-state index contributed by atoms with van der Waals surface area (Å²) in [6.07, 6.45) is 0.121. The number of rotatable bonds is 6. The molecule has 0 aliphatic heterocycles. The van der Waals surface area contributed by atoms with Crippen LogP contribution in [-0.4, -0.2) is 23.7 Å². The van der Waals surface area contributed by atoms with Gasteiger partial charge in [0.15, 0.2) is 0 Å². The van der Waals surface area contributed by atoms with Crippen molar-refractivity contribution in [3.63, 3.8) is 0 Å². The lowest BCUT2D eigenvalue weighted by Crippen LogP contribution is -2.36. The Morgan fingerprint density at radius 2 is 1.50 bits per heavy atom. The van der Waals surface area contributed by atoms with Crippen LogP contribution >= 0.6 is 0 Å². The molecule has 0 aliphatic carbocycles. The molecule has 0 saturated carbocycles. The Morgan fingerprint density at radius 1 is 0.950 bits per heavy atom. The van der Waals surface area contributed by atoms with Crippen molar-refractivity contribution in [3.8, 4) is 0 Å². The first-order valence-corrected chi connectivity index (χ1v) is 6.79. The summed E-state index contributed by atoms with van der Waals surface area (Å²) in [5.41, 5.74) is 2.13. The summed E-state index contributed by atoms with van der Waals surface area (Å²) in [6, 6.07) is 19.5. The second-order valence-corrected chi connectivity index (χ2v) is 4.73. The first kappa shape index (κ1) is 14.3. The quantitative estimate of drug-likeness (QED) is 0.842. The third-order valence-electron chi connectivity index (χ3n) is 3.13. The van der Waals surface area contributed by atoms with Gasteiger partial charge in [0.25, 0.3) is 0 Å². The number of carbonyl (C=O) groups excluding carboxylic acids is 1. The van der Waals surface area contributed by atoms with Gasteiger partial charge >= 0.3 is 0 Å². The largest absolute Gasteiger partial charge is 0.383 e. The van der Waals surface area contributed by atoms with Crippen molar-refractivity contribution < 1.29 is 9.90 Å². The van der Waals surface area contributed by atoms with Crippen LogP contribution in [0, 0.1) is 0 Å². The van der Waals surface area contributed by atoms with Crippen molar-refractivity contribution in [2.24, 2.45) is 0 Å². The van der Waals surface area contributed by atoms with Crippen LogP contribution in [0.5, 0.6) is 0 Å². The molecule has 0 fully saturated rings. The molecule has 2 aromatic rings. The van der Waals surface area contributed by atoms with E-state index in [9.17, 15) is 9.90 Å². The molecule has 0 bridgehead atoms. The van der Waals surface area contributed by atoms with E-state index < -0.39 is 6.10 Å². The molecule has 3 nitrogen and oxygen atoms in total. The summed E-state index contributed by atoms with van der Waals surface area (Å²) in [7, 11) is 0. The summed E-state index contributed by atoms with van der Waals surface area (Å²) >= 11 is 0. The third-order valence-corrected chi connectivity index (χ3v) is 3.13. The van der Waals surface area contributed by atoms with Crippen LogP contribution in [0.15, 0.2) is 60.7 Å². The van der Waals surface area contributed by atoms with Crippen LogP contribution in [0.25, 0.3) is 0 Å². The molecule has 2 rings (SSSR count). The van der Waals surface area contributed by atoms with Gasteiger partial charge in [0.1, 0.15) is 6.10 Å². The zero-order valence-electron chi connectivity index (χ0n) is 11.3. The summed E-state index contributed by atoms with van der Waals surface area (Å²) < 4.78 is 0. The van der Waals surface area contributed by atoms with Gasteiger partial charge in [-0.15, -0.1) is 0 Å². The van der Waals surface area contributed by atoms with Gasteiger partial charge < -0.3 is 10.4 Å². The van der Waals surface area contributed by atoms with Crippen molar-refractivity contribution in [2.45, 2.75) is 18.9 Å². The molecule has 1 atom stereocenters. The van der Waals surface area contributed by atoms with Crippen LogP contribution in [0.2, 0.25) is 0 Å². The van der Waals surface area contributed by atoms with Crippen LogP contribution < -0.4 is 5.32 Å². The van der Waals surface area contributed by atoms with Gasteiger partial charge in [-0.2, -0.15) is 0 Å². The Morgan fingerprint density at radius 3 is 2.10 bits per heavy atom. The van der Waals surface area contributed by atoms with E-state index in [1.54, 1.807) is 0 Å². The molecule has 2 N–H and O–H groups in total. The van der Waals surface area contributed by atoms with Crippen molar-refractivity contribution in [2.75, 3.05) is 6.54 Å². The van der Waals surface area contributed by atoms with Crippen molar-refractivity contribution >= 4 is 5.91 Å². The van der Waals surface area contributed by atoms with E-state index in [0.29, 0.717) is 13.0 Å². The SMILES string of the molecule is O=C(NCCc1ccccc1)C(O)Cc1ccccc1. The molecule has 2 aromatic carbocycles. The van der Waals surface area contributed by atoms with Gasteiger partial charge in [0.2, 0.25) is 5.91 Å². The number of nitrogens with one attached hydrogen (secondary N) is 1. The van der Waals surface area contributed by atoms with Crippen LogP contribution in [0.3, 0.4) is 0 Å². The molecule has 0 aromatic heterocycles. The molecular formula is C17H19NO2. The highest BCUT2D eigenvalue weighted by Crippen LogP contribution is 2.03. The number of aliphatic hydroxyl groups excluding tert-OH is 1. The Kier molecular flexibility index (Phi) is 5.33. The minimum atomic E-state index is -0.992. The third kappa shape index (κ3) is 4.52. The van der Waals surface area contributed by atoms with Gasteiger partial charge in [0.05, 0.1) is 0 Å². The lowest BCUT2D eigenvalue weighted by atomic mass is 10.1. The van der Waals surface area contributed by atoms with E-state index in [-0.39, 0.29) is 5.91 Å². The first-order valence-electron chi connectivity index (χ1n) is 6.79. The van der Waals surface area contributed by atoms with E-state index in [0.717, 1.165) is 12.0 Å². The molecule has 3 heteroatoms. The molecule has 0 saturated heterocycles. The molecule has 1 unspecified atom stereocenters. The normalized spacial score (nSPS) is 11.8. The summed E-state index contributed by atoms with van der Waals surface area (Å²) in [6.45, 7) is 0.536. The maximum atomic E-state index is 11.8. The molecule has 20 heavy (non-hydrogen) atoms. The Labute approximate surface area is 119 Å². The van der Waals surface area contributed by atoms with E-state index in [2.05, 4.69) is 5.32 Å². The van der Waals surface area contributed by atoms with E-state index in [1.165, 1.54) is 5.56 Å². The number of hydrogen-bond acceptors (Lipinski definition) is 2. The van der Waals surface area contributed by atoms with E-state index in [1.807, 2.05) is 60.7 Å². The smallest absolute Gasteiger partial charge is 0.249 e. The fraction of sp³-hybridized carbons (Fsp3) is 0.235. The zero-order chi connectivity index (χ0) is 14.2. The highest BCUT2D eigenvalue weighted by molar-refractivity contribution is 5.80. The maximum Gasteiger partial charge on any atom is 0.249 e. The van der Waals surface area contributed by atoms with Crippen LogP contribution in [0.4, 0.5) is 0 Å². The number of hydrogen-bond donors (Lipinski definition) is 2. The van der Waals surface area contributed by atoms with Gasteiger partial charge in [-0.05, 0) is 17.5 Å². The highest BCUT2D eigenvalue weighted by atomic mass is 16.3. The minimum Gasteiger partial charge on any atom is -0.383 e. The van der Waals surface area contributed by atoms with E-state index >= 15 is 0 Å². The molecule has 0 spiro atoms. The maximum absolute atomic E-state index is 11.8. The average molecular weight is 269 g/mol. The van der Waals surface area contributed by atoms with Crippen LogP contribution in [0.1, 0.15) is 11.1 Å². The Hall–Kier alpha value is -2.13. The zero-order valence-corrected chi connectivity index (χ0v) is 11.3. The monoisotopic (exact) mass is 269 g/mol. The van der Waals surface area contributed by atoms with Gasteiger partial charge in [0, 0.05) is 13.0 Å². The van der Waals surface area contributed by atoms with Gasteiger partial charge in [-0.25, -0.2) is 0 Å². The van der Waals surface area contributed by atoms with Crippen molar-refractivity contribution in [1.29, 1.82) is 0 Å². The molecule has 0 heterocycles. The summed E-state index contributed by atoms with van der Waals surface area (Å²) in [5, 5.41) is 12.6. The van der Waals surface area contributed by atoms with Crippen molar-refractivity contribution in [1.82, 2.24) is 5.32 Å². The summed E-state index contributed by atoms with van der Waals surface area (Å²) in [4.78, 5) is 11.8. The molecular weight excluding hydrogens is 250 g/mol. The molecule has 1 amide bonds. The predicted molar refractivity (Wildman–Crippen MR) is 79.3 cm³/mol. The Balaban J connectivity index is 1.74. The number of carbonyl (C=O) groups is 1. The number of amides is 1. The second kappa shape index (κ2) is 7.46. The topological polar surface area (TPSA) is 49.3 Å². The van der Waals surface area contributed by atoms with E-state index in [4.69, 9.17) is 0 Å². The molecule has 0 radical (unpaired) electrons. The Bertz CT molecular complexity index is 525. The second-order valence-electron chi connectivity index (χ2n) is 4.73. The van der Waals surface area contributed by atoms with Crippen molar-refractivity contribution in [3.05, 3.63) is 71.8 Å². The number of aliphatic hydroxyl groups is 1. The van der Waals surface area contributed by atoms with Gasteiger partial charge in [-0.1, -0.05) is 60.7 Å². The molecule has 104 valence electrons. The number of benzene rings is 2. The summed E-state index contributed by atoms with van der Waals surface area (Å²) in [5.74, 6) is -0.315. The fourth-order valence-corrected chi connectivity index (χ4v) is 2.02. The lowest BCUT2D eigenvalue weighted by Gasteiger charge is -2.11. The predicted octanol–water partition coefficient (Wildman–Crippen LogP) is 1.95. The molecule has 0 aliphatic rings. The minimum absolute atomic E-state index is 0.315. The highest BCUT2D eigenvalue weighted by Gasteiger charge is 2.14. The average Bonchev–Trinajstić information content (AvgIpc) is 2.49. The fourth-order valence-electron chi connectivity index (χ4n) is 2.02. The van der Waals surface area contributed by atoms with Gasteiger partial charge in [-0.3, -0.25) is 4.79 Å². The lowest BCUT2D eigenvalue weighted by molar-refractivity contribution is -0.129. The first-order chi connectivity index (χ1) is 9.75.